The van der Waals surface area contributed by atoms with E-state index in [1.54, 1.807) is 46.8 Å². The molecular weight excluding hydrogens is 268 g/mol. The molecule has 1 aliphatic rings. The molecule has 0 spiro atoms. The number of fused-ring (bicyclic) bond motifs is 1. The Labute approximate surface area is 124 Å². The number of carbonyl (C=O) groups is 2. The monoisotopic (exact) mass is 286 g/mol. The zero-order chi connectivity index (χ0) is 16.0. The van der Waals surface area contributed by atoms with Crippen molar-refractivity contribution in [2.45, 2.75) is 45.8 Å². The fourth-order valence-electron chi connectivity index (χ4n) is 2.44. The summed E-state index contributed by atoms with van der Waals surface area (Å²) in [5, 5.41) is 8.95. The van der Waals surface area contributed by atoms with E-state index in [-0.39, 0.29) is 0 Å². The maximum atomic E-state index is 12.5. The summed E-state index contributed by atoms with van der Waals surface area (Å²) in [4.78, 5) is 26.0. The number of carbonyl (C=O) groups excluding carboxylic acids is 2. The van der Waals surface area contributed by atoms with Crippen LogP contribution in [0.5, 0.6) is 0 Å². The number of benzene rings is 1. The summed E-state index contributed by atoms with van der Waals surface area (Å²) in [5.74, 6) is -0.429. The second-order valence-corrected chi connectivity index (χ2v) is 6.55. The minimum Gasteiger partial charge on any atom is -0.443 e. The van der Waals surface area contributed by atoms with Crippen molar-refractivity contribution in [2.24, 2.45) is 0 Å². The minimum atomic E-state index is -0.803. The van der Waals surface area contributed by atoms with Gasteiger partial charge in [-0.1, -0.05) is 6.07 Å². The molecule has 0 saturated carbocycles. The number of hydrogen-bond acceptors (Lipinski definition) is 4. The van der Waals surface area contributed by atoms with Gasteiger partial charge in [0.1, 0.15) is 5.60 Å². The van der Waals surface area contributed by atoms with Gasteiger partial charge in [-0.2, -0.15) is 5.26 Å². The average molecular weight is 286 g/mol. The minimum absolute atomic E-state index is 0.380. The van der Waals surface area contributed by atoms with Crippen molar-refractivity contribution in [3.05, 3.63) is 34.9 Å². The third-order valence-corrected chi connectivity index (χ3v) is 3.38. The number of ether oxygens (including phenoxy) is 1. The summed E-state index contributed by atoms with van der Waals surface area (Å²) in [7, 11) is 0. The largest absolute Gasteiger partial charge is 0.443 e. The lowest BCUT2D eigenvalue weighted by Crippen LogP contribution is -2.46. The molecule has 0 atom stereocenters. The van der Waals surface area contributed by atoms with Crippen LogP contribution in [-0.2, 0) is 10.3 Å². The van der Waals surface area contributed by atoms with Crippen LogP contribution in [0.25, 0.3) is 0 Å². The quantitative estimate of drug-likeness (QED) is 0.734. The molecule has 0 aliphatic carbocycles. The molecule has 0 unspecified atom stereocenters. The highest BCUT2D eigenvalue weighted by atomic mass is 16.6. The first-order valence-corrected chi connectivity index (χ1v) is 6.70. The van der Waals surface area contributed by atoms with E-state index in [0.717, 1.165) is 10.5 Å². The maximum absolute atomic E-state index is 12.5. The molecule has 1 aliphatic heterocycles. The Bertz CT molecular complexity index is 663. The maximum Gasteiger partial charge on any atom is 0.418 e. The first-order chi connectivity index (χ1) is 9.58. The summed E-state index contributed by atoms with van der Waals surface area (Å²) in [6.07, 6.45) is -0.674. The van der Waals surface area contributed by atoms with Gasteiger partial charge < -0.3 is 4.74 Å². The van der Waals surface area contributed by atoms with Gasteiger partial charge in [-0.25, -0.2) is 9.69 Å². The lowest BCUT2D eigenvalue weighted by molar-refractivity contribution is 0.00938. The normalized spacial score (nSPS) is 16.4. The van der Waals surface area contributed by atoms with Crippen molar-refractivity contribution < 1.29 is 14.3 Å². The van der Waals surface area contributed by atoms with Crippen molar-refractivity contribution >= 4 is 12.0 Å². The Morgan fingerprint density at radius 3 is 2.48 bits per heavy atom. The highest BCUT2D eigenvalue weighted by Gasteiger charge is 2.48. The summed E-state index contributed by atoms with van der Waals surface area (Å²) in [6, 6.07) is 6.88. The van der Waals surface area contributed by atoms with Gasteiger partial charge in [-0.3, -0.25) is 4.79 Å². The predicted octanol–water partition coefficient (Wildman–Crippen LogP) is 3.18. The van der Waals surface area contributed by atoms with Crippen LogP contribution >= 0.6 is 0 Å². The van der Waals surface area contributed by atoms with Gasteiger partial charge in [0.2, 0.25) is 0 Å². The molecule has 0 N–H and O–H groups in total. The Kier molecular flexibility index (Phi) is 3.29. The molecule has 5 heteroatoms. The Morgan fingerprint density at radius 2 is 1.95 bits per heavy atom. The Morgan fingerprint density at radius 1 is 1.33 bits per heavy atom. The number of rotatable bonds is 0. The molecule has 5 nitrogen and oxygen atoms in total. The summed E-state index contributed by atoms with van der Waals surface area (Å²) in [6.45, 7) is 8.82. The zero-order valence-corrected chi connectivity index (χ0v) is 12.9. The van der Waals surface area contributed by atoms with Gasteiger partial charge in [0.15, 0.2) is 0 Å². The van der Waals surface area contributed by atoms with Crippen LogP contribution in [0.15, 0.2) is 18.2 Å². The van der Waals surface area contributed by atoms with E-state index in [1.807, 2.05) is 6.07 Å². The second kappa shape index (κ2) is 4.59. The molecule has 0 aromatic heterocycles. The van der Waals surface area contributed by atoms with Crippen molar-refractivity contribution in [3.63, 3.8) is 0 Å². The summed E-state index contributed by atoms with van der Waals surface area (Å²) >= 11 is 0. The average Bonchev–Trinajstić information content (AvgIpc) is 2.54. The molecule has 21 heavy (non-hydrogen) atoms. The second-order valence-electron chi connectivity index (χ2n) is 6.55. The molecule has 0 radical (unpaired) electrons. The first-order valence-electron chi connectivity index (χ1n) is 6.70. The van der Waals surface area contributed by atoms with E-state index < -0.39 is 23.1 Å². The van der Waals surface area contributed by atoms with Crippen LogP contribution in [0, 0.1) is 11.3 Å². The van der Waals surface area contributed by atoms with Crippen molar-refractivity contribution in [1.29, 1.82) is 5.26 Å². The van der Waals surface area contributed by atoms with E-state index >= 15 is 0 Å². The molecule has 110 valence electrons. The summed E-state index contributed by atoms with van der Waals surface area (Å²) < 4.78 is 5.32. The number of nitrogens with zero attached hydrogens (tertiary/aromatic N) is 2. The molecule has 0 bridgehead atoms. The van der Waals surface area contributed by atoms with Crippen molar-refractivity contribution in [2.75, 3.05) is 0 Å². The van der Waals surface area contributed by atoms with E-state index in [0.29, 0.717) is 11.1 Å². The van der Waals surface area contributed by atoms with Gasteiger partial charge in [0, 0.05) is 5.56 Å². The molecular formula is C16H18N2O3. The highest BCUT2D eigenvalue weighted by Crippen LogP contribution is 2.39. The third kappa shape index (κ3) is 2.49. The molecule has 2 rings (SSSR count). The van der Waals surface area contributed by atoms with Gasteiger partial charge in [-0.05, 0) is 52.3 Å². The van der Waals surface area contributed by atoms with Crippen LogP contribution in [-0.4, -0.2) is 22.5 Å². The molecule has 1 aromatic carbocycles. The van der Waals surface area contributed by atoms with E-state index in [2.05, 4.69) is 0 Å². The predicted molar refractivity (Wildman–Crippen MR) is 76.6 cm³/mol. The zero-order valence-electron chi connectivity index (χ0n) is 12.9. The molecule has 1 heterocycles. The smallest absolute Gasteiger partial charge is 0.418 e. The van der Waals surface area contributed by atoms with E-state index in [1.165, 1.54) is 6.07 Å². The van der Waals surface area contributed by atoms with Gasteiger partial charge in [0.25, 0.3) is 5.91 Å². The van der Waals surface area contributed by atoms with E-state index in [4.69, 9.17) is 10.00 Å². The lowest BCUT2D eigenvalue weighted by atomic mass is 9.93. The summed E-state index contributed by atoms with van der Waals surface area (Å²) in [5.41, 5.74) is 0.00849. The van der Waals surface area contributed by atoms with E-state index in [9.17, 15) is 9.59 Å². The first kappa shape index (κ1) is 15.0. The molecule has 0 saturated heterocycles. The molecule has 0 fully saturated rings. The van der Waals surface area contributed by atoms with Crippen LogP contribution in [0.4, 0.5) is 4.79 Å². The fraction of sp³-hybridized carbons (Fsp3) is 0.438. The Balaban J connectivity index is 2.46. The SMILES string of the molecule is CC(C)(C)OC(=O)N1C(=O)c2cc(C#N)ccc2C1(C)C. The van der Waals surface area contributed by atoms with Gasteiger partial charge in [0.05, 0.1) is 17.2 Å². The lowest BCUT2D eigenvalue weighted by Gasteiger charge is -2.32. The standard InChI is InChI=1S/C16H18N2O3/c1-15(2,3)21-14(20)18-13(19)11-8-10(9-17)6-7-12(11)16(18,4)5/h6-8H,1-5H3. The number of nitriles is 1. The van der Waals surface area contributed by atoms with Gasteiger partial charge in [-0.15, -0.1) is 0 Å². The highest BCUT2D eigenvalue weighted by molar-refractivity contribution is 6.08. The van der Waals surface area contributed by atoms with Crippen LogP contribution in [0.3, 0.4) is 0 Å². The fourth-order valence-corrected chi connectivity index (χ4v) is 2.44. The molecule has 2 amide bonds. The number of imide groups is 1. The molecule has 1 aromatic rings. The number of amides is 2. The van der Waals surface area contributed by atoms with Crippen LogP contribution in [0.2, 0.25) is 0 Å². The van der Waals surface area contributed by atoms with Crippen molar-refractivity contribution in [1.82, 2.24) is 4.90 Å². The van der Waals surface area contributed by atoms with Crippen LogP contribution in [0.1, 0.15) is 56.1 Å². The number of hydrogen-bond donors (Lipinski definition) is 0. The van der Waals surface area contributed by atoms with Gasteiger partial charge >= 0.3 is 6.09 Å². The van der Waals surface area contributed by atoms with Crippen LogP contribution < -0.4 is 0 Å². The third-order valence-electron chi connectivity index (χ3n) is 3.38. The Hall–Kier alpha value is -2.35. The topological polar surface area (TPSA) is 70.4 Å². The van der Waals surface area contributed by atoms with Crippen molar-refractivity contribution in [3.8, 4) is 6.07 Å².